The van der Waals surface area contributed by atoms with Crippen molar-refractivity contribution in [1.29, 1.82) is 0 Å². The molecule has 0 saturated carbocycles. The highest BCUT2D eigenvalue weighted by atomic mass is 16.1. The molecule has 0 aliphatic heterocycles. The zero-order valence-electron chi connectivity index (χ0n) is 13.6. The van der Waals surface area contributed by atoms with Gasteiger partial charge in [0.25, 0.3) is 0 Å². The Kier molecular flexibility index (Phi) is 6.37. The van der Waals surface area contributed by atoms with Gasteiger partial charge in [-0.05, 0) is 25.5 Å². The third-order valence-corrected chi connectivity index (χ3v) is 3.79. The van der Waals surface area contributed by atoms with Crippen LogP contribution >= 0.6 is 0 Å². The fraction of sp³-hybridized carbons (Fsp3) is 0.588. The molecule has 0 aromatic carbocycles. The van der Waals surface area contributed by atoms with Crippen LogP contribution in [-0.4, -0.2) is 26.9 Å². The average Bonchev–Trinajstić information content (AvgIpc) is 2.92. The lowest BCUT2D eigenvalue weighted by atomic mass is 10.1. The summed E-state index contributed by atoms with van der Waals surface area (Å²) >= 11 is 0. The van der Waals surface area contributed by atoms with Gasteiger partial charge in [0.2, 0.25) is 5.91 Å². The minimum atomic E-state index is 0.0939. The molecule has 5 heteroatoms. The van der Waals surface area contributed by atoms with Gasteiger partial charge in [0, 0.05) is 25.1 Å². The lowest BCUT2D eigenvalue weighted by molar-refractivity contribution is -0.121. The Morgan fingerprint density at radius 3 is 3.00 bits per heavy atom. The predicted octanol–water partition coefficient (Wildman–Crippen LogP) is 3.37. The highest BCUT2D eigenvalue weighted by Gasteiger charge is 2.09. The van der Waals surface area contributed by atoms with Crippen LogP contribution in [0.25, 0.3) is 11.2 Å². The topological polar surface area (TPSA) is 70.7 Å². The number of imidazole rings is 1. The second kappa shape index (κ2) is 8.51. The van der Waals surface area contributed by atoms with Crippen LogP contribution in [0.5, 0.6) is 0 Å². The molecule has 1 atom stereocenters. The number of unbranched alkanes of at least 4 members (excludes halogenated alkanes) is 3. The van der Waals surface area contributed by atoms with Gasteiger partial charge in [-0.15, -0.1) is 0 Å². The summed E-state index contributed by atoms with van der Waals surface area (Å²) in [6.07, 6.45) is 8.81. The number of carbonyl (C=O) groups is 1. The number of H-pyrrole nitrogens is 1. The van der Waals surface area contributed by atoms with Crippen LogP contribution in [-0.2, 0) is 11.2 Å². The van der Waals surface area contributed by atoms with E-state index in [0.29, 0.717) is 18.5 Å². The number of pyridine rings is 1. The molecule has 0 spiro atoms. The molecule has 2 aromatic heterocycles. The first kappa shape index (κ1) is 16.5. The molecule has 0 bridgehead atoms. The number of rotatable bonds is 9. The molecule has 0 fully saturated rings. The maximum Gasteiger partial charge on any atom is 0.220 e. The number of hydrogen-bond donors (Lipinski definition) is 2. The minimum Gasteiger partial charge on any atom is -0.354 e. The largest absolute Gasteiger partial charge is 0.354 e. The molecule has 120 valence electrons. The number of amides is 1. The molecule has 0 aliphatic rings. The zero-order chi connectivity index (χ0) is 15.8. The van der Waals surface area contributed by atoms with Crippen molar-refractivity contribution in [1.82, 2.24) is 20.3 Å². The molecule has 0 aliphatic carbocycles. The molecule has 0 saturated heterocycles. The first-order valence-corrected chi connectivity index (χ1v) is 8.28. The monoisotopic (exact) mass is 302 g/mol. The minimum absolute atomic E-state index is 0.0939. The van der Waals surface area contributed by atoms with Crippen LogP contribution in [0.1, 0.15) is 58.2 Å². The van der Waals surface area contributed by atoms with Crippen molar-refractivity contribution in [2.45, 2.75) is 64.8 Å². The molecule has 5 nitrogen and oxygen atoms in total. The lowest BCUT2D eigenvalue weighted by Crippen LogP contribution is -2.32. The summed E-state index contributed by atoms with van der Waals surface area (Å²) in [5.41, 5.74) is 1.63. The first-order chi connectivity index (χ1) is 10.7. The predicted molar refractivity (Wildman–Crippen MR) is 88.6 cm³/mol. The number of nitrogens with one attached hydrogen (secondary N) is 2. The van der Waals surface area contributed by atoms with E-state index in [1.165, 1.54) is 25.7 Å². The number of nitrogens with zero attached hydrogens (tertiary/aromatic N) is 2. The Balaban J connectivity index is 1.70. The molecule has 2 N–H and O–H groups in total. The number of aromatic nitrogens is 3. The maximum atomic E-state index is 12.0. The van der Waals surface area contributed by atoms with Gasteiger partial charge in [-0.3, -0.25) is 4.79 Å². The Bertz CT molecular complexity index is 560. The highest BCUT2D eigenvalue weighted by Crippen LogP contribution is 2.09. The van der Waals surface area contributed by atoms with E-state index in [0.717, 1.165) is 17.8 Å². The summed E-state index contributed by atoms with van der Waals surface area (Å²) in [6, 6.07) is 4.07. The van der Waals surface area contributed by atoms with Crippen molar-refractivity contribution in [3.8, 4) is 0 Å². The molecule has 22 heavy (non-hydrogen) atoms. The summed E-state index contributed by atoms with van der Waals surface area (Å²) in [7, 11) is 0. The van der Waals surface area contributed by atoms with Crippen LogP contribution in [0.3, 0.4) is 0 Å². The SMILES string of the molecule is CCCCCC[C@@H](C)NC(=O)CCc1nc2ncccc2[nH]1. The quantitative estimate of drug-likeness (QED) is 0.698. The molecular formula is C17H26N4O. The molecular weight excluding hydrogens is 276 g/mol. The molecule has 0 radical (unpaired) electrons. The molecule has 2 aromatic rings. The van der Waals surface area contributed by atoms with E-state index in [-0.39, 0.29) is 11.9 Å². The average molecular weight is 302 g/mol. The van der Waals surface area contributed by atoms with Crippen molar-refractivity contribution in [3.05, 3.63) is 24.2 Å². The Morgan fingerprint density at radius 2 is 2.23 bits per heavy atom. The fourth-order valence-electron chi connectivity index (χ4n) is 2.54. The number of fused-ring (bicyclic) bond motifs is 1. The molecule has 2 rings (SSSR count). The van der Waals surface area contributed by atoms with E-state index in [1.54, 1.807) is 6.20 Å². The first-order valence-electron chi connectivity index (χ1n) is 8.28. The normalized spacial score (nSPS) is 12.5. The number of aryl methyl sites for hydroxylation is 1. The summed E-state index contributed by atoms with van der Waals surface area (Å²) in [6.45, 7) is 4.29. The van der Waals surface area contributed by atoms with Crippen molar-refractivity contribution in [2.75, 3.05) is 0 Å². The molecule has 0 unspecified atom stereocenters. The third kappa shape index (κ3) is 5.13. The summed E-state index contributed by atoms with van der Waals surface area (Å²) in [5, 5.41) is 3.06. The third-order valence-electron chi connectivity index (χ3n) is 3.79. The van der Waals surface area contributed by atoms with Crippen LogP contribution in [0, 0.1) is 0 Å². The van der Waals surface area contributed by atoms with Crippen molar-refractivity contribution < 1.29 is 4.79 Å². The van der Waals surface area contributed by atoms with Gasteiger partial charge < -0.3 is 10.3 Å². The van der Waals surface area contributed by atoms with Crippen LogP contribution in [0.2, 0.25) is 0 Å². The fourth-order valence-corrected chi connectivity index (χ4v) is 2.54. The van der Waals surface area contributed by atoms with E-state index >= 15 is 0 Å². The second-order valence-corrected chi connectivity index (χ2v) is 5.88. The van der Waals surface area contributed by atoms with Crippen LogP contribution < -0.4 is 5.32 Å². The Labute approximate surface area is 131 Å². The second-order valence-electron chi connectivity index (χ2n) is 5.88. The van der Waals surface area contributed by atoms with E-state index in [9.17, 15) is 4.79 Å². The summed E-state index contributed by atoms with van der Waals surface area (Å²) in [4.78, 5) is 23.7. The van der Waals surface area contributed by atoms with Gasteiger partial charge >= 0.3 is 0 Å². The highest BCUT2D eigenvalue weighted by molar-refractivity contribution is 5.76. The van der Waals surface area contributed by atoms with E-state index in [1.807, 2.05) is 12.1 Å². The van der Waals surface area contributed by atoms with Crippen LogP contribution in [0.4, 0.5) is 0 Å². The van der Waals surface area contributed by atoms with Gasteiger partial charge in [-0.2, -0.15) is 0 Å². The smallest absolute Gasteiger partial charge is 0.220 e. The van der Waals surface area contributed by atoms with Gasteiger partial charge in [-0.25, -0.2) is 9.97 Å². The van der Waals surface area contributed by atoms with Gasteiger partial charge in [0.15, 0.2) is 5.65 Å². The Hall–Kier alpha value is -1.91. The van der Waals surface area contributed by atoms with Gasteiger partial charge in [-0.1, -0.05) is 32.6 Å². The van der Waals surface area contributed by atoms with E-state index in [2.05, 4.69) is 34.1 Å². The maximum absolute atomic E-state index is 12.0. The Morgan fingerprint density at radius 1 is 1.36 bits per heavy atom. The summed E-state index contributed by atoms with van der Waals surface area (Å²) in [5.74, 6) is 0.913. The number of aromatic amines is 1. The zero-order valence-corrected chi connectivity index (χ0v) is 13.6. The number of carbonyl (C=O) groups excluding carboxylic acids is 1. The van der Waals surface area contributed by atoms with Crippen molar-refractivity contribution in [3.63, 3.8) is 0 Å². The van der Waals surface area contributed by atoms with E-state index in [4.69, 9.17) is 0 Å². The standard InChI is InChI=1S/C17H26N4O/c1-3-4-5-6-8-13(2)19-16(22)11-10-15-20-14-9-7-12-18-17(14)21-15/h7,9,12-13H,3-6,8,10-11H2,1-2H3,(H,19,22)(H,18,20,21)/t13-/m1/s1. The van der Waals surface area contributed by atoms with E-state index < -0.39 is 0 Å². The lowest BCUT2D eigenvalue weighted by Gasteiger charge is -2.13. The number of hydrogen-bond acceptors (Lipinski definition) is 3. The summed E-state index contributed by atoms with van der Waals surface area (Å²) < 4.78 is 0. The van der Waals surface area contributed by atoms with Crippen molar-refractivity contribution >= 4 is 17.1 Å². The van der Waals surface area contributed by atoms with Crippen molar-refractivity contribution in [2.24, 2.45) is 0 Å². The van der Waals surface area contributed by atoms with Crippen LogP contribution in [0.15, 0.2) is 18.3 Å². The van der Waals surface area contributed by atoms with Gasteiger partial charge in [0.05, 0.1) is 5.52 Å². The molecule has 1 amide bonds. The van der Waals surface area contributed by atoms with Gasteiger partial charge in [0.1, 0.15) is 5.82 Å². The molecule has 2 heterocycles.